The molecule has 0 radical (unpaired) electrons. The Hall–Kier alpha value is -2.37. The van der Waals surface area contributed by atoms with E-state index in [0.717, 1.165) is 42.7 Å². The van der Waals surface area contributed by atoms with Crippen LogP contribution in [0.5, 0.6) is 5.75 Å². The van der Waals surface area contributed by atoms with E-state index in [9.17, 15) is 9.59 Å². The minimum Gasteiger partial charge on any atom is -0.497 e. The molecule has 0 unspecified atom stereocenters. The number of ether oxygens (including phenoxy) is 1. The van der Waals surface area contributed by atoms with Crippen molar-refractivity contribution in [3.05, 3.63) is 29.8 Å². The van der Waals surface area contributed by atoms with Crippen molar-refractivity contribution in [1.82, 2.24) is 10.7 Å². The zero-order valence-electron chi connectivity index (χ0n) is 17.0. The molecule has 6 heteroatoms. The fourth-order valence-electron chi connectivity index (χ4n) is 3.32. The first kappa shape index (κ1) is 21.9. The molecule has 28 heavy (non-hydrogen) atoms. The minimum absolute atomic E-state index is 0.285. The standard InChI is InChI=1S/C22H33N3O3/c1-28-20-15-13-18(14-16-20)17-23-21(26)22(27)25-24-19-11-9-7-5-3-2-4-6-8-10-12-19/h13-16H,2-12,17H2,1H3,(H,23,26)(H,25,27). The van der Waals surface area contributed by atoms with E-state index in [1.165, 1.54) is 44.9 Å². The van der Waals surface area contributed by atoms with Crippen molar-refractivity contribution in [3.8, 4) is 5.75 Å². The van der Waals surface area contributed by atoms with Crippen molar-refractivity contribution in [3.63, 3.8) is 0 Å². The largest absolute Gasteiger partial charge is 0.497 e. The van der Waals surface area contributed by atoms with E-state index in [2.05, 4.69) is 15.8 Å². The van der Waals surface area contributed by atoms with Crippen molar-refractivity contribution in [2.45, 2.75) is 77.2 Å². The Labute approximate surface area is 168 Å². The first-order valence-corrected chi connectivity index (χ1v) is 10.5. The quantitative estimate of drug-likeness (QED) is 0.603. The van der Waals surface area contributed by atoms with Crippen LogP contribution in [-0.2, 0) is 16.1 Å². The molecule has 154 valence electrons. The van der Waals surface area contributed by atoms with E-state index in [1.54, 1.807) is 7.11 Å². The average Bonchev–Trinajstić information content (AvgIpc) is 2.71. The molecule has 0 spiro atoms. The van der Waals surface area contributed by atoms with Crippen LogP contribution in [0.15, 0.2) is 29.4 Å². The van der Waals surface area contributed by atoms with Crippen LogP contribution in [-0.4, -0.2) is 24.6 Å². The summed E-state index contributed by atoms with van der Waals surface area (Å²) in [5, 5.41) is 6.87. The Balaban J connectivity index is 1.78. The van der Waals surface area contributed by atoms with Crippen LogP contribution in [0, 0.1) is 0 Å². The van der Waals surface area contributed by atoms with Crippen LogP contribution in [0.25, 0.3) is 0 Å². The molecule has 2 N–H and O–H groups in total. The van der Waals surface area contributed by atoms with Crippen LogP contribution < -0.4 is 15.5 Å². The van der Waals surface area contributed by atoms with Crippen molar-refractivity contribution < 1.29 is 14.3 Å². The molecular formula is C22H33N3O3. The molecule has 1 saturated carbocycles. The predicted molar refractivity (Wildman–Crippen MR) is 111 cm³/mol. The third kappa shape index (κ3) is 8.55. The summed E-state index contributed by atoms with van der Waals surface area (Å²) in [4.78, 5) is 24.0. The number of hydrogen-bond acceptors (Lipinski definition) is 4. The zero-order valence-corrected chi connectivity index (χ0v) is 17.0. The summed E-state index contributed by atoms with van der Waals surface area (Å²) < 4.78 is 5.10. The summed E-state index contributed by atoms with van der Waals surface area (Å²) >= 11 is 0. The summed E-state index contributed by atoms with van der Waals surface area (Å²) in [6.07, 6.45) is 12.9. The Bertz CT molecular complexity index is 627. The Morgan fingerprint density at radius 1 is 0.857 bits per heavy atom. The number of hydrazone groups is 1. The first-order valence-electron chi connectivity index (χ1n) is 10.5. The number of amides is 2. The summed E-state index contributed by atoms with van der Waals surface area (Å²) in [5.74, 6) is -0.638. The predicted octanol–water partition coefficient (Wildman–Crippen LogP) is 4.09. The van der Waals surface area contributed by atoms with Crippen LogP contribution in [0.1, 0.15) is 76.2 Å². The molecule has 0 heterocycles. The van der Waals surface area contributed by atoms with E-state index in [-0.39, 0.29) is 6.54 Å². The van der Waals surface area contributed by atoms with Crippen LogP contribution in [0.4, 0.5) is 0 Å². The van der Waals surface area contributed by atoms with Crippen LogP contribution >= 0.6 is 0 Å². The van der Waals surface area contributed by atoms with E-state index < -0.39 is 11.8 Å². The summed E-state index contributed by atoms with van der Waals surface area (Å²) in [5.41, 5.74) is 4.33. The van der Waals surface area contributed by atoms with Gasteiger partial charge in [0.1, 0.15) is 5.75 Å². The van der Waals surface area contributed by atoms with E-state index in [0.29, 0.717) is 0 Å². The molecule has 1 aliphatic carbocycles. The molecular weight excluding hydrogens is 354 g/mol. The maximum Gasteiger partial charge on any atom is 0.329 e. The molecule has 0 atom stereocenters. The maximum absolute atomic E-state index is 12.0. The lowest BCUT2D eigenvalue weighted by Gasteiger charge is -2.10. The summed E-state index contributed by atoms with van der Waals surface area (Å²) in [6.45, 7) is 0.285. The second kappa shape index (κ2) is 12.9. The van der Waals surface area contributed by atoms with Gasteiger partial charge in [0.15, 0.2) is 0 Å². The smallest absolute Gasteiger partial charge is 0.329 e. The van der Waals surface area contributed by atoms with E-state index in [1.807, 2.05) is 24.3 Å². The van der Waals surface area contributed by atoms with Gasteiger partial charge in [-0.1, -0.05) is 57.1 Å². The monoisotopic (exact) mass is 387 g/mol. The molecule has 6 nitrogen and oxygen atoms in total. The molecule has 0 bridgehead atoms. The van der Waals surface area contributed by atoms with Crippen molar-refractivity contribution >= 4 is 17.5 Å². The fourth-order valence-corrected chi connectivity index (χ4v) is 3.32. The number of benzene rings is 1. The van der Waals surface area contributed by atoms with Gasteiger partial charge in [0.25, 0.3) is 0 Å². The number of hydrogen-bond donors (Lipinski definition) is 2. The number of methoxy groups -OCH3 is 1. The lowest BCUT2D eigenvalue weighted by molar-refractivity contribution is -0.139. The topological polar surface area (TPSA) is 79.8 Å². The van der Waals surface area contributed by atoms with Gasteiger partial charge in [-0.15, -0.1) is 0 Å². The lowest BCUT2D eigenvalue weighted by atomic mass is 10.00. The van der Waals surface area contributed by atoms with Gasteiger partial charge in [-0.05, 0) is 43.4 Å². The molecule has 0 aliphatic heterocycles. The van der Waals surface area contributed by atoms with Crippen molar-refractivity contribution in [2.24, 2.45) is 5.10 Å². The summed E-state index contributed by atoms with van der Waals surface area (Å²) in [7, 11) is 1.60. The number of carbonyl (C=O) groups excluding carboxylic acids is 2. The normalized spacial score (nSPS) is 16.2. The molecule has 1 aromatic rings. The molecule has 1 aliphatic rings. The van der Waals surface area contributed by atoms with E-state index >= 15 is 0 Å². The van der Waals surface area contributed by atoms with E-state index in [4.69, 9.17) is 4.74 Å². The number of nitrogens with one attached hydrogen (secondary N) is 2. The van der Waals surface area contributed by atoms with Gasteiger partial charge in [-0.3, -0.25) is 9.59 Å². The van der Waals surface area contributed by atoms with Gasteiger partial charge in [-0.2, -0.15) is 5.10 Å². The Morgan fingerprint density at radius 2 is 1.39 bits per heavy atom. The highest BCUT2D eigenvalue weighted by molar-refractivity contribution is 6.35. The third-order valence-corrected chi connectivity index (χ3v) is 5.06. The molecule has 1 aromatic carbocycles. The molecule has 0 aromatic heterocycles. The summed E-state index contributed by atoms with van der Waals surface area (Å²) in [6, 6.07) is 7.33. The number of carbonyl (C=O) groups is 2. The molecule has 2 amide bonds. The van der Waals surface area contributed by atoms with Gasteiger partial charge in [0.05, 0.1) is 7.11 Å². The fraction of sp³-hybridized carbons (Fsp3) is 0.591. The maximum atomic E-state index is 12.0. The zero-order chi connectivity index (χ0) is 20.0. The third-order valence-electron chi connectivity index (χ3n) is 5.06. The minimum atomic E-state index is -0.716. The van der Waals surface area contributed by atoms with Gasteiger partial charge < -0.3 is 10.1 Å². The average molecular weight is 388 g/mol. The highest BCUT2D eigenvalue weighted by Gasteiger charge is 2.13. The molecule has 2 rings (SSSR count). The first-order chi connectivity index (χ1) is 13.7. The SMILES string of the molecule is COc1ccc(CNC(=O)C(=O)NN=C2CCCCCCCCCCC2)cc1. The van der Waals surface area contributed by atoms with Crippen LogP contribution in [0.2, 0.25) is 0 Å². The lowest BCUT2D eigenvalue weighted by Crippen LogP contribution is -2.37. The Kier molecular flexibility index (Phi) is 10.1. The second-order valence-electron chi connectivity index (χ2n) is 7.33. The Morgan fingerprint density at radius 3 is 1.93 bits per heavy atom. The van der Waals surface area contributed by atoms with Gasteiger partial charge >= 0.3 is 11.8 Å². The van der Waals surface area contributed by atoms with Gasteiger partial charge in [0.2, 0.25) is 0 Å². The van der Waals surface area contributed by atoms with Crippen molar-refractivity contribution in [1.29, 1.82) is 0 Å². The van der Waals surface area contributed by atoms with Crippen molar-refractivity contribution in [2.75, 3.05) is 7.11 Å². The van der Waals surface area contributed by atoms with Gasteiger partial charge in [0, 0.05) is 12.3 Å². The highest BCUT2D eigenvalue weighted by atomic mass is 16.5. The second-order valence-corrected chi connectivity index (χ2v) is 7.33. The number of nitrogens with zero attached hydrogens (tertiary/aromatic N) is 1. The molecule has 0 saturated heterocycles. The number of rotatable bonds is 4. The molecule has 1 fully saturated rings. The van der Waals surface area contributed by atoms with Crippen LogP contribution in [0.3, 0.4) is 0 Å². The highest BCUT2D eigenvalue weighted by Crippen LogP contribution is 2.15. The van der Waals surface area contributed by atoms with Gasteiger partial charge in [-0.25, -0.2) is 5.43 Å².